The van der Waals surface area contributed by atoms with Crippen LogP contribution in [0.4, 0.5) is 5.69 Å². The lowest BCUT2D eigenvalue weighted by Crippen LogP contribution is -2.14. The van der Waals surface area contributed by atoms with Gasteiger partial charge in [0.25, 0.3) is 10.0 Å². The Balaban J connectivity index is 2.40. The van der Waals surface area contributed by atoms with Gasteiger partial charge < -0.3 is 0 Å². The van der Waals surface area contributed by atoms with Gasteiger partial charge >= 0.3 is 0 Å². The van der Waals surface area contributed by atoms with Crippen molar-refractivity contribution in [2.75, 3.05) is 4.72 Å². The highest BCUT2D eigenvalue weighted by atomic mass is 127. The second kappa shape index (κ2) is 5.82. The van der Waals surface area contributed by atoms with E-state index in [1.807, 2.05) is 0 Å². The molecule has 1 heterocycles. The van der Waals surface area contributed by atoms with Gasteiger partial charge in [-0.05, 0) is 46.9 Å². The molecule has 0 saturated heterocycles. The Kier molecular flexibility index (Phi) is 4.54. The number of nitrogens with zero attached hydrogens (tertiary/aromatic N) is 1. The van der Waals surface area contributed by atoms with Gasteiger partial charge in [-0.3, -0.25) is 9.71 Å². The van der Waals surface area contributed by atoms with Gasteiger partial charge in [0, 0.05) is 16.0 Å². The van der Waals surface area contributed by atoms with Crippen molar-refractivity contribution in [1.29, 1.82) is 0 Å². The fourth-order valence-corrected chi connectivity index (χ4v) is 3.80. The van der Waals surface area contributed by atoms with E-state index in [-0.39, 0.29) is 9.92 Å². The first-order chi connectivity index (χ1) is 8.90. The zero-order valence-electron chi connectivity index (χ0n) is 9.27. The third-order valence-electron chi connectivity index (χ3n) is 2.20. The molecule has 0 aliphatic heterocycles. The van der Waals surface area contributed by atoms with E-state index >= 15 is 0 Å². The summed E-state index contributed by atoms with van der Waals surface area (Å²) < 4.78 is 27.6. The molecule has 0 saturated carbocycles. The van der Waals surface area contributed by atoms with Gasteiger partial charge in [0.2, 0.25) is 0 Å². The average molecular weight is 429 g/mol. The van der Waals surface area contributed by atoms with Gasteiger partial charge in [0.15, 0.2) is 0 Å². The lowest BCUT2D eigenvalue weighted by Gasteiger charge is -2.10. The number of hydrogen-bond acceptors (Lipinski definition) is 3. The first-order valence-electron chi connectivity index (χ1n) is 4.97. The highest BCUT2D eigenvalue weighted by Gasteiger charge is 2.19. The van der Waals surface area contributed by atoms with Gasteiger partial charge in [0.1, 0.15) is 4.90 Å². The summed E-state index contributed by atoms with van der Waals surface area (Å²) in [6, 6.07) is 6.40. The van der Waals surface area contributed by atoms with Crippen LogP contribution in [-0.4, -0.2) is 13.4 Å². The Hall–Kier alpha value is -0.570. The van der Waals surface area contributed by atoms with Crippen molar-refractivity contribution in [2.24, 2.45) is 0 Å². The maximum Gasteiger partial charge on any atom is 0.264 e. The molecule has 2 rings (SSSR count). The van der Waals surface area contributed by atoms with Crippen LogP contribution in [0.25, 0.3) is 0 Å². The van der Waals surface area contributed by atoms with E-state index in [4.69, 9.17) is 23.2 Å². The van der Waals surface area contributed by atoms with E-state index in [1.165, 1.54) is 18.5 Å². The predicted molar refractivity (Wildman–Crippen MR) is 84.2 cm³/mol. The molecular formula is C11H7Cl2IN2O2S. The van der Waals surface area contributed by atoms with Crippen molar-refractivity contribution >= 4 is 61.5 Å². The fraction of sp³-hybridized carbons (Fsp3) is 0. The minimum atomic E-state index is -3.81. The summed E-state index contributed by atoms with van der Waals surface area (Å²) in [6.45, 7) is 0. The van der Waals surface area contributed by atoms with Crippen LogP contribution in [0, 0.1) is 3.57 Å². The molecule has 1 N–H and O–H groups in total. The molecular weight excluding hydrogens is 422 g/mol. The molecule has 1 aromatic carbocycles. The molecule has 0 unspecified atom stereocenters. The Bertz CT molecular complexity index is 722. The lowest BCUT2D eigenvalue weighted by molar-refractivity contribution is 0.601. The molecule has 1 aromatic heterocycles. The molecule has 0 aliphatic rings. The van der Waals surface area contributed by atoms with Crippen LogP contribution in [0.2, 0.25) is 10.0 Å². The topological polar surface area (TPSA) is 59.1 Å². The number of pyridine rings is 1. The quantitative estimate of drug-likeness (QED) is 0.756. The Morgan fingerprint density at radius 1 is 1.16 bits per heavy atom. The highest BCUT2D eigenvalue weighted by Crippen LogP contribution is 2.28. The summed E-state index contributed by atoms with van der Waals surface area (Å²) in [4.78, 5) is 3.66. The summed E-state index contributed by atoms with van der Waals surface area (Å²) >= 11 is 13.9. The zero-order valence-corrected chi connectivity index (χ0v) is 13.8. The molecule has 19 heavy (non-hydrogen) atoms. The van der Waals surface area contributed by atoms with E-state index < -0.39 is 10.0 Å². The zero-order chi connectivity index (χ0) is 14.0. The van der Waals surface area contributed by atoms with Gasteiger partial charge in [-0.2, -0.15) is 0 Å². The number of benzene rings is 1. The number of sulfonamides is 1. The maximum atomic E-state index is 12.2. The minimum absolute atomic E-state index is 0.0914. The SMILES string of the molecule is O=S(=O)(Nc1ccc(I)cc1Cl)c1cnccc1Cl. The number of rotatable bonds is 3. The van der Waals surface area contributed by atoms with Gasteiger partial charge in [0.05, 0.1) is 15.7 Å². The van der Waals surface area contributed by atoms with Crippen LogP contribution < -0.4 is 4.72 Å². The normalized spacial score (nSPS) is 11.3. The van der Waals surface area contributed by atoms with Crippen LogP contribution in [0.15, 0.2) is 41.6 Å². The van der Waals surface area contributed by atoms with Crippen molar-refractivity contribution in [3.63, 3.8) is 0 Å². The molecule has 0 bridgehead atoms. The molecule has 0 spiro atoms. The Morgan fingerprint density at radius 2 is 1.89 bits per heavy atom. The average Bonchev–Trinajstić information content (AvgIpc) is 2.33. The number of aromatic nitrogens is 1. The van der Waals surface area contributed by atoms with E-state index in [0.29, 0.717) is 10.7 Å². The monoisotopic (exact) mass is 428 g/mol. The van der Waals surface area contributed by atoms with E-state index in [2.05, 4.69) is 32.3 Å². The molecule has 0 aliphatic carbocycles. The first-order valence-corrected chi connectivity index (χ1v) is 8.29. The van der Waals surface area contributed by atoms with Crippen molar-refractivity contribution in [3.8, 4) is 0 Å². The van der Waals surface area contributed by atoms with Gasteiger partial charge in [-0.15, -0.1) is 0 Å². The van der Waals surface area contributed by atoms with Gasteiger partial charge in [-0.1, -0.05) is 23.2 Å². The summed E-state index contributed by atoms with van der Waals surface area (Å²) in [5, 5.41) is 0.416. The first kappa shape index (κ1) is 14.8. The fourth-order valence-electron chi connectivity index (χ4n) is 1.33. The number of anilines is 1. The van der Waals surface area contributed by atoms with Crippen molar-refractivity contribution < 1.29 is 8.42 Å². The minimum Gasteiger partial charge on any atom is -0.278 e. The number of nitrogens with one attached hydrogen (secondary N) is 1. The number of hydrogen-bond donors (Lipinski definition) is 1. The van der Waals surface area contributed by atoms with E-state index in [0.717, 1.165) is 3.57 Å². The number of halogens is 3. The van der Waals surface area contributed by atoms with E-state index in [9.17, 15) is 8.42 Å². The van der Waals surface area contributed by atoms with Gasteiger partial charge in [-0.25, -0.2) is 8.42 Å². The van der Waals surface area contributed by atoms with Crippen molar-refractivity contribution in [3.05, 3.63) is 50.3 Å². The Labute approximate surface area is 134 Å². The second-order valence-corrected chi connectivity index (χ2v) is 7.25. The molecule has 0 amide bonds. The highest BCUT2D eigenvalue weighted by molar-refractivity contribution is 14.1. The van der Waals surface area contributed by atoms with Crippen molar-refractivity contribution in [2.45, 2.75) is 4.90 Å². The summed E-state index contributed by atoms with van der Waals surface area (Å²) in [6.07, 6.45) is 2.60. The summed E-state index contributed by atoms with van der Waals surface area (Å²) in [5.41, 5.74) is 0.294. The lowest BCUT2D eigenvalue weighted by atomic mass is 10.3. The van der Waals surface area contributed by atoms with Crippen LogP contribution in [0.1, 0.15) is 0 Å². The molecule has 100 valence electrons. The molecule has 0 fully saturated rings. The van der Waals surface area contributed by atoms with E-state index in [1.54, 1.807) is 18.2 Å². The summed E-state index contributed by atoms with van der Waals surface area (Å²) in [5.74, 6) is 0. The van der Waals surface area contributed by atoms with Crippen LogP contribution >= 0.6 is 45.8 Å². The molecule has 8 heteroatoms. The molecule has 0 radical (unpaired) electrons. The largest absolute Gasteiger partial charge is 0.278 e. The molecule has 2 aromatic rings. The third-order valence-corrected chi connectivity index (χ3v) is 5.02. The smallest absolute Gasteiger partial charge is 0.264 e. The van der Waals surface area contributed by atoms with Crippen LogP contribution in [0.3, 0.4) is 0 Å². The second-order valence-electron chi connectivity index (χ2n) is 3.54. The Morgan fingerprint density at radius 3 is 2.53 bits per heavy atom. The van der Waals surface area contributed by atoms with Crippen LogP contribution in [-0.2, 0) is 10.0 Å². The maximum absolute atomic E-state index is 12.2. The third kappa shape index (κ3) is 3.50. The summed E-state index contributed by atoms with van der Waals surface area (Å²) in [7, 11) is -3.81. The molecule has 4 nitrogen and oxygen atoms in total. The molecule has 0 atom stereocenters. The standard InChI is InChI=1S/C11H7Cl2IN2O2S/c12-8-3-4-15-6-11(8)19(17,18)16-10-2-1-7(14)5-9(10)13/h1-6,16H. The van der Waals surface area contributed by atoms with Crippen molar-refractivity contribution in [1.82, 2.24) is 4.98 Å². The van der Waals surface area contributed by atoms with Crippen LogP contribution in [0.5, 0.6) is 0 Å². The predicted octanol–water partition coefficient (Wildman–Crippen LogP) is 3.79.